The number of nitrogens with zero attached hydrogens (tertiary/aromatic N) is 4. The van der Waals surface area contributed by atoms with Crippen LogP contribution in [0.5, 0.6) is 5.75 Å². The molecule has 11 heteroatoms. The Kier molecular flexibility index (Phi) is 9.78. The number of benzene rings is 1. The second-order valence-corrected chi connectivity index (χ2v) is 10.5. The van der Waals surface area contributed by atoms with Crippen LogP contribution < -0.4 is 9.46 Å². The van der Waals surface area contributed by atoms with E-state index in [0.29, 0.717) is 37.3 Å². The lowest BCUT2D eigenvalue weighted by Gasteiger charge is -2.35. The van der Waals surface area contributed by atoms with Gasteiger partial charge in [0, 0.05) is 56.4 Å². The van der Waals surface area contributed by atoms with Gasteiger partial charge in [-0.25, -0.2) is 8.42 Å². The number of aromatic nitrogens is 1. The van der Waals surface area contributed by atoms with Gasteiger partial charge in [0.2, 0.25) is 0 Å². The number of amides is 2. The van der Waals surface area contributed by atoms with Crippen molar-refractivity contribution in [3.63, 3.8) is 0 Å². The average molecular weight is 564 g/mol. The molecule has 1 aliphatic rings. The zero-order valence-corrected chi connectivity index (χ0v) is 23.7. The molecule has 1 aromatic heterocycles. The second-order valence-electron chi connectivity index (χ2n) is 8.83. The number of sulfonamides is 1. The van der Waals surface area contributed by atoms with E-state index in [-0.39, 0.29) is 39.4 Å². The Balaban J connectivity index is 1.78. The third kappa shape index (κ3) is 6.55. The van der Waals surface area contributed by atoms with Crippen molar-refractivity contribution in [2.75, 3.05) is 38.0 Å². The van der Waals surface area contributed by atoms with E-state index in [4.69, 9.17) is 4.74 Å². The molecule has 0 aliphatic carbocycles. The maximum absolute atomic E-state index is 13.3. The van der Waals surface area contributed by atoms with Crippen LogP contribution in [-0.4, -0.2) is 74.5 Å². The van der Waals surface area contributed by atoms with Gasteiger partial charge < -0.3 is 14.5 Å². The lowest BCUT2D eigenvalue weighted by molar-refractivity contribution is 0.0533. The van der Waals surface area contributed by atoms with Crippen LogP contribution in [0.1, 0.15) is 33.2 Å². The molecule has 40 heavy (non-hydrogen) atoms. The van der Waals surface area contributed by atoms with Crippen LogP contribution in [0.15, 0.2) is 89.7 Å². The van der Waals surface area contributed by atoms with Crippen LogP contribution in [-0.2, 0) is 10.0 Å². The standard InChI is InChI=1S/C29H33N5O5S/c1-7-20(4)27(31-9-3)26(8-2)40(37,38)32-22-10-11-24(25(18-22)39-6)29(36)34-16-14-33(15-17-34)28(35)23-12-13-30-19-21(23)5/h7-13,18-19,32H,1-2,4,14-17H2,3,5-6H3/b27-26-,31-9-. The van der Waals surface area contributed by atoms with E-state index in [1.165, 1.54) is 43.7 Å². The van der Waals surface area contributed by atoms with Crippen molar-refractivity contribution < 1.29 is 22.7 Å². The number of aryl methyl sites for hydroxylation is 1. The summed E-state index contributed by atoms with van der Waals surface area (Å²) in [6.45, 7) is 16.0. The van der Waals surface area contributed by atoms with E-state index in [1.54, 1.807) is 35.2 Å². The molecule has 0 spiro atoms. The molecule has 1 N–H and O–H groups in total. The highest BCUT2D eigenvalue weighted by molar-refractivity contribution is 7.96. The van der Waals surface area contributed by atoms with Crippen molar-refractivity contribution in [3.8, 4) is 5.75 Å². The molecule has 2 heterocycles. The van der Waals surface area contributed by atoms with Gasteiger partial charge in [-0.1, -0.05) is 25.8 Å². The number of carbonyl (C=O) groups is 2. The maximum Gasteiger partial charge on any atom is 0.264 e. The van der Waals surface area contributed by atoms with Crippen LogP contribution in [0.2, 0.25) is 0 Å². The summed E-state index contributed by atoms with van der Waals surface area (Å²) in [5.41, 5.74) is 2.25. The molecule has 1 saturated heterocycles. The molecule has 2 aromatic rings. The number of hydrogen-bond acceptors (Lipinski definition) is 7. The largest absolute Gasteiger partial charge is 0.496 e. The van der Waals surface area contributed by atoms with E-state index in [1.807, 2.05) is 6.92 Å². The highest BCUT2D eigenvalue weighted by atomic mass is 32.2. The fraction of sp³-hybridized carbons (Fsp3) is 0.241. The second kappa shape index (κ2) is 13.0. The third-order valence-electron chi connectivity index (χ3n) is 6.31. The SMILES string of the molecule is C=CC(=C)C(/N=C\C)=C(\C=C)S(=O)(=O)Nc1ccc(C(=O)N2CCN(C(=O)c3ccncc3C)CC2)c(OC)c1. The summed E-state index contributed by atoms with van der Waals surface area (Å²) in [4.78, 5) is 37.6. The molecule has 0 atom stereocenters. The Morgan fingerprint density at radius 1 is 1.05 bits per heavy atom. The van der Waals surface area contributed by atoms with Gasteiger partial charge in [0.25, 0.3) is 21.8 Å². The van der Waals surface area contributed by atoms with E-state index >= 15 is 0 Å². The molecule has 3 rings (SSSR count). The minimum Gasteiger partial charge on any atom is -0.496 e. The van der Waals surface area contributed by atoms with Crippen LogP contribution >= 0.6 is 0 Å². The Bertz CT molecular complexity index is 1500. The molecular formula is C29H33N5O5S. The minimum atomic E-state index is -4.12. The first kappa shape index (κ1) is 30.0. The zero-order chi connectivity index (χ0) is 29.4. The summed E-state index contributed by atoms with van der Waals surface area (Å²) in [5, 5.41) is 0. The van der Waals surface area contributed by atoms with Crippen LogP contribution in [0, 0.1) is 6.92 Å². The number of piperazine rings is 1. The monoisotopic (exact) mass is 563 g/mol. The van der Waals surface area contributed by atoms with Gasteiger partial charge in [-0.3, -0.25) is 24.3 Å². The molecule has 1 fully saturated rings. The highest BCUT2D eigenvalue weighted by Gasteiger charge is 2.28. The topological polar surface area (TPSA) is 121 Å². The number of methoxy groups -OCH3 is 1. The summed E-state index contributed by atoms with van der Waals surface area (Å²) in [6, 6.07) is 6.10. The Morgan fingerprint density at radius 3 is 2.20 bits per heavy atom. The number of carbonyl (C=O) groups excluding carboxylic acids is 2. The fourth-order valence-electron chi connectivity index (χ4n) is 4.17. The molecule has 1 aliphatic heterocycles. The molecule has 0 bridgehead atoms. The smallest absolute Gasteiger partial charge is 0.264 e. The first-order chi connectivity index (χ1) is 19.1. The Labute approximate surface area is 235 Å². The van der Waals surface area contributed by atoms with Gasteiger partial charge in [0.05, 0.1) is 24.1 Å². The maximum atomic E-state index is 13.3. The lowest BCUT2D eigenvalue weighted by Crippen LogP contribution is -2.50. The summed E-state index contributed by atoms with van der Waals surface area (Å²) in [7, 11) is -2.73. The first-order valence-electron chi connectivity index (χ1n) is 12.4. The predicted molar refractivity (Wildman–Crippen MR) is 157 cm³/mol. The molecule has 0 unspecified atom stereocenters. The van der Waals surface area contributed by atoms with Crippen LogP contribution in [0.25, 0.3) is 0 Å². The minimum absolute atomic E-state index is 0.0985. The quantitative estimate of drug-likeness (QED) is 0.345. The number of hydrogen-bond donors (Lipinski definition) is 1. The fourth-order valence-corrected chi connectivity index (χ4v) is 5.38. The van der Waals surface area contributed by atoms with Gasteiger partial charge in [0.15, 0.2) is 0 Å². The van der Waals surface area contributed by atoms with E-state index in [2.05, 4.69) is 34.4 Å². The number of nitrogens with one attached hydrogen (secondary N) is 1. The van der Waals surface area contributed by atoms with Gasteiger partial charge >= 0.3 is 0 Å². The van der Waals surface area contributed by atoms with Crippen LogP contribution in [0.4, 0.5) is 5.69 Å². The van der Waals surface area contributed by atoms with E-state index < -0.39 is 10.0 Å². The first-order valence-corrected chi connectivity index (χ1v) is 13.9. The third-order valence-corrected chi connectivity index (χ3v) is 7.75. The summed E-state index contributed by atoms with van der Waals surface area (Å²) in [6.07, 6.45) is 7.26. The van der Waals surface area contributed by atoms with Gasteiger partial charge in [-0.05, 0) is 49.3 Å². The van der Waals surface area contributed by atoms with Crippen molar-refractivity contribution in [2.24, 2.45) is 4.99 Å². The van der Waals surface area contributed by atoms with Crippen molar-refractivity contribution in [2.45, 2.75) is 13.8 Å². The van der Waals surface area contributed by atoms with Crippen molar-refractivity contribution in [1.29, 1.82) is 0 Å². The highest BCUT2D eigenvalue weighted by Crippen LogP contribution is 2.28. The normalized spacial score (nSPS) is 14.4. The summed E-state index contributed by atoms with van der Waals surface area (Å²) < 4.78 is 34.3. The van der Waals surface area contributed by atoms with E-state index in [0.717, 1.165) is 5.56 Å². The number of pyridine rings is 1. The lowest BCUT2D eigenvalue weighted by atomic mass is 10.1. The molecule has 2 amide bonds. The van der Waals surface area contributed by atoms with E-state index in [9.17, 15) is 18.0 Å². The Hall–Kier alpha value is -4.51. The molecule has 210 valence electrons. The molecule has 1 aromatic carbocycles. The van der Waals surface area contributed by atoms with Gasteiger partial charge in [-0.15, -0.1) is 0 Å². The van der Waals surface area contributed by atoms with Gasteiger partial charge in [0.1, 0.15) is 10.7 Å². The number of allylic oxidation sites excluding steroid dienone is 2. The van der Waals surface area contributed by atoms with Crippen molar-refractivity contribution in [1.82, 2.24) is 14.8 Å². The summed E-state index contributed by atoms with van der Waals surface area (Å²) in [5.74, 6) is -0.187. The molecule has 0 saturated carbocycles. The molecule has 10 nitrogen and oxygen atoms in total. The number of rotatable bonds is 10. The number of aliphatic imine (C=N–C) groups is 1. The molecular weight excluding hydrogens is 530 g/mol. The Morgan fingerprint density at radius 2 is 1.68 bits per heavy atom. The van der Waals surface area contributed by atoms with Crippen LogP contribution in [0.3, 0.4) is 0 Å². The molecule has 0 radical (unpaired) electrons. The van der Waals surface area contributed by atoms with Gasteiger partial charge in [-0.2, -0.15) is 0 Å². The zero-order valence-electron chi connectivity index (χ0n) is 22.9. The number of anilines is 1. The predicted octanol–water partition coefficient (Wildman–Crippen LogP) is 3.97. The number of ether oxygens (including phenoxy) is 1. The van der Waals surface area contributed by atoms with Crippen molar-refractivity contribution >= 4 is 33.7 Å². The van der Waals surface area contributed by atoms with Crippen molar-refractivity contribution in [3.05, 3.63) is 101 Å². The summed E-state index contributed by atoms with van der Waals surface area (Å²) >= 11 is 0. The average Bonchev–Trinajstić information content (AvgIpc) is 2.95.